The molecular formula is C16H13BrN2O. The van der Waals surface area contributed by atoms with Gasteiger partial charge in [0, 0.05) is 33.7 Å². The van der Waals surface area contributed by atoms with E-state index >= 15 is 0 Å². The van der Waals surface area contributed by atoms with E-state index < -0.39 is 0 Å². The molecule has 20 heavy (non-hydrogen) atoms. The van der Waals surface area contributed by atoms with Crippen molar-refractivity contribution in [2.45, 2.75) is 6.54 Å². The zero-order valence-electron chi connectivity index (χ0n) is 10.7. The fraction of sp³-hybridized carbons (Fsp3) is 0.0625. The molecule has 3 aromatic rings. The number of halogens is 1. The SMILES string of the molecule is O=C(NCc1cccc2[nH]ccc12)c1cccc(Br)c1. The molecule has 0 unspecified atom stereocenters. The van der Waals surface area contributed by atoms with Gasteiger partial charge in [0.25, 0.3) is 5.91 Å². The van der Waals surface area contributed by atoms with E-state index in [9.17, 15) is 4.79 Å². The number of carbonyl (C=O) groups excluding carboxylic acids is 1. The molecule has 2 N–H and O–H groups in total. The average Bonchev–Trinajstić information content (AvgIpc) is 2.93. The van der Waals surface area contributed by atoms with Crippen LogP contribution in [0.2, 0.25) is 0 Å². The first-order chi connectivity index (χ1) is 9.74. The Bertz CT molecular complexity index is 764. The predicted octanol–water partition coefficient (Wildman–Crippen LogP) is 3.86. The number of benzene rings is 2. The molecule has 0 fully saturated rings. The summed E-state index contributed by atoms with van der Waals surface area (Å²) < 4.78 is 0.901. The van der Waals surface area contributed by atoms with Gasteiger partial charge in [0.15, 0.2) is 0 Å². The Labute approximate surface area is 125 Å². The van der Waals surface area contributed by atoms with E-state index in [1.165, 1.54) is 0 Å². The van der Waals surface area contributed by atoms with Crippen molar-refractivity contribution in [2.75, 3.05) is 0 Å². The lowest BCUT2D eigenvalue weighted by Crippen LogP contribution is -2.22. The number of aromatic amines is 1. The monoisotopic (exact) mass is 328 g/mol. The molecule has 1 heterocycles. The van der Waals surface area contributed by atoms with E-state index in [-0.39, 0.29) is 5.91 Å². The Morgan fingerprint density at radius 1 is 1.15 bits per heavy atom. The summed E-state index contributed by atoms with van der Waals surface area (Å²) in [5, 5.41) is 4.09. The molecular weight excluding hydrogens is 316 g/mol. The van der Waals surface area contributed by atoms with Crippen LogP contribution in [-0.2, 0) is 6.54 Å². The van der Waals surface area contributed by atoms with E-state index in [1.807, 2.05) is 48.7 Å². The van der Waals surface area contributed by atoms with Gasteiger partial charge in [-0.2, -0.15) is 0 Å². The van der Waals surface area contributed by atoms with Gasteiger partial charge in [-0.3, -0.25) is 4.79 Å². The number of rotatable bonds is 3. The summed E-state index contributed by atoms with van der Waals surface area (Å²) in [6, 6.07) is 15.4. The molecule has 4 heteroatoms. The van der Waals surface area contributed by atoms with Crippen LogP contribution in [-0.4, -0.2) is 10.9 Å². The maximum Gasteiger partial charge on any atom is 0.251 e. The van der Waals surface area contributed by atoms with Crippen molar-refractivity contribution >= 4 is 32.7 Å². The van der Waals surface area contributed by atoms with E-state index in [0.29, 0.717) is 12.1 Å². The Kier molecular flexibility index (Phi) is 3.56. The first-order valence-corrected chi connectivity index (χ1v) is 7.12. The van der Waals surface area contributed by atoms with Crippen LogP contribution in [0.5, 0.6) is 0 Å². The third-order valence-corrected chi connectivity index (χ3v) is 3.70. The fourth-order valence-corrected chi connectivity index (χ4v) is 2.61. The first-order valence-electron chi connectivity index (χ1n) is 6.33. The molecule has 0 aliphatic carbocycles. The number of fused-ring (bicyclic) bond motifs is 1. The van der Waals surface area contributed by atoms with Gasteiger partial charge in [-0.1, -0.05) is 34.1 Å². The Morgan fingerprint density at radius 3 is 2.85 bits per heavy atom. The summed E-state index contributed by atoms with van der Waals surface area (Å²) in [6.45, 7) is 0.514. The van der Waals surface area contributed by atoms with Gasteiger partial charge in [0.2, 0.25) is 0 Å². The van der Waals surface area contributed by atoms with Crippen molar-refractivity contribution in [3.63, 3.8) is 0 Å². The van der Waals surface area contributed by atoms with Gasteiger partial charge in [0.1, 0.15) is 0 Å². The minimum absolute atomic E-state index is 0.0705. The molecule has 100 valence electrons. The number of carbonyl (C=O) groups is 1. The first kappa shape index (κ1) is 12.9. The lowest BCUT2D eigenvalue weighted by molar-refractivity contribution is 0.0951. The average molecular weight is 329 g/mol. The minimum Gasteiger partial charge on any atom is -0.361 e. The Morgan fingerprint density at radius 2 is 2.00 bits per heavy atom. The zero-order chi connectivity index (χ0) is 13.9. The molecule has 3 nitrogen and oxygen atoms in total. The highest BCUT2D eigenvalue weighted by Gasteiger charge is 2.07. The Hall–Kier alpha value is -2.07. The molecule has 0 aliphatic rings. The number of nitrogens with one attached hydrogen (secondary N) is 2. The maximum atomic E-state index is 12.1. The molecule has 1 amide bonds. The van der Waals surface area contributed by atoms with Crippen LogP contribution in [0.4, 0.5) is 0 Å². The van der Waals surface area contributed by atoms with Gasteiger partial charge in [-0.25, -0.2) is 0 Å². The summed E-state index contributed by atoms with van der Waals surface area (Å²) >= 11 is 3.37. The van der Waals surface area contributed by atoms with Crippen LogP contribution in [0.1, 0.15) is 15.9 Å². The largest absolute Gasteiger partial charge is 0.361 e. The number of amides is 1. The Balaban J connectivity index is 1.76. The summed E-state index contributed by atoms with van der Waals surface area (Å²) in [7, 11) is 0. The van der Waals surface area contributed by atoms with Gasteiger partial charge < -0.3 is 10.3 Å². The van der Waals surface area contributed by atoms with Crippen LogP contribution in [0.25, 0.3) is 10.9 Å². The minimum atomic E-state index is -0.0705. The summed E-state index contributed by atoms with van der Waals surface area (Å²) in [4.78, 5) is 15.3. The van der Waals surface area contributed by atoms with E-state index in [0.717, 1.165) is 20.9 Å². The number of aromatic nitrogens is 1. The lowest BCUT2D eigenvalue weighted by atomic mass is 10.1. The molecule has 0 saturated heterocycles. The third kappa shape index (κ3) is 2.60. The normalized spacial score (nSPS) is 10.7. The molecule has 1 aromatic heterocycles. The van der Waals surface area contributed by atoms with Crippen LogP contribution < -0.4 is 5.32 Å². The van der Waals surface area contributed by atoms with Crippen molar-refractivity contribution in [1.82, 2.24) is 10.3 Å². The summed E-state index contributed by atoms with van der Waals surface area (Å²) in [5.41, 5.74) is 2.84. The van der Waals surface area contributed by atoms with Crippen LogP contribution in [0, 0.1) is 0 Å². The molecule has 0 atom stereocenters. The summed E-state index contributed by atoms with van der Waals surface area (Å²) in [5.74, 6) is -0.0705. The topological polar surface area (TPSA) is 44.9 Å². The smallest absolute Gasteiger partial charge is 0.251 e. The second-order valence-electron chi connectivity index (χ2n) is 4.55. The highest BCUT2D eigenvalue weighted by molar-refractivity contribution is 9.10. The third-order valence-electron chi connectivity index (χ3n) is 3.21. The quantitative estimate of drug-likeness (QED) is 0.753. The number of H-pyrrole nitrogens is 1. The number of hydrogen-bond donors (Lipinski definition) is 2. The molecule has 0 spiro atoms. The fourth-order valence-electron chi connectivity index (χ4n) is 2.21. The van der Waals surface area contributed by atoms with Crippen molar-refractivity contribution in [2.24, 2.45) is 0 Å². The molecule has 0 saturated carbocycles. The van der Waals surface area contributed by atoms with Crippen LogP contribution >= 0.6 is 15.9 Å². The van der Waals surface area contributed by atoms with Gasteiger partial charge >= 0.3 is 0 Å². The van der Waals surface area contributed by atoms with Crippen LogP contribution in [0.3, 0.4) is 0 Å². The van der Waals surface area contributed by atoms with Crippen molar-refractivity contribution in [3.8, 4) is 0 Å². The maximum absolute atomic E-state index is 12.1. The van der Waals surface area contributed by atoms with E-state index in [2.05, 4.69) is 26.2 Å². The van der Waals surface area contributed by atoms with Crippen LogP contribution in [0.15, 0.2) is 59.2 Å². The molecule has 0 radical (unpaired) electrons. The van der Waals surface area contributed by atoms with Gasteiger partial charge in [0.05, 0.1) is 0 Å². The molecule has 0 aliphatic heterocycles. The standard InChI is InChI=1S/C16H13BrN2O/c17-13-5-1-3-11(9-13)16(20)19-10-12-4-2-6-15-14(12)7-8-18-15/h1-9,18H,10H2,(H,19,20). The van der Waals surface area contributed by atoms with E-state index in [1.54, 1.807) is 6.07 Å². The predicted molar refractivity (Wildman–Crippen MR) is 83.6 cm³/mol. The second kappa shape index (κ2) is 5.51. The number of hydrogen-bond acceptors (Lipinski definition) is 1. The molecule has 2 aromatic carbocycles. The van der Waals surface area contributed by atoms with Gasteiger partial charge in [-0.15, -0.1) is 0 Å². The van der Waals surface area contributed by atoms with Gasteiger partial charge in [-0.05, 0) is 35.9 Å². The second-order valence-corrected chi connectivity index (χ2v) is 5.46. The highest BCUT2D eigenvalue weighted by Crippen LogP contribution is 2.17. The highest BCUT2D eigenvalue weighted by atomic mass is 79.9. The van der Waals surface area contributed by atoms with Crippen molar-refractivity contribution in [3.05, 3.63) is 70.3 Å². The summed E-state index contributed by atoms with van der Waals surface area (Å²) in [6.07, 6.45) is 1.91. The van der Waals surface area contributed by atoms with Crippen molar-refractivity contribution < 1.29 is 4.79 Å². The molecule has 0 bridgehead atoms. The zero-order valence-corrected chi connectivity index (χ0v) is 12.3. The lowest BCUT2D eigenvalue weighted by Gasteiger charge is -2.07. The molecule has 3 rings (SSSR count). The van der Waals surface area contributed by atoms with Crippen molar-refractivity contribution in [1.29, 1.82) is 0 Å². The van der Waals surface area contributed by atoms with E-state index in [4.69, 9.17) is 0 Å².